The summed E-state index contributed by atoms with van der Waals surface area (Å²) in [6.07, 6.45) is 21.2. The van der Waals surface area contributed by atoms with Gasteiger partial charge in [-0.05, 0) is 94.0 Å². The van der Waals surface area contributed by atoms with Crippen LogP contribution in [-0.2, 0) is 23.9 Å². The molecule has 0 aromatic carbocycles. The van der Waals surface area contributed by atoms with Gasteiger partial charge in [-0.3, -0.25) is 15.3 Å². The van der Waals surface area contributed by atoms with Gasteiger partial charge < -0.3 is 25.2 Å². The third-order valence-electron chi connectivity index (χ3n) is 14.9. The number of fused-ring (bicyclic) bond motifs is 3. The van der Waals surface area contributed by atoms with Crippen LogP contribution in [0.4, 0.5) is 0 Å². The summed E-state index contributed by atoms with van der Waals surface area (Å²) in [7, 11) is 0. The zero-order chi connectivity index (χ0) is 35.1. The monoisotopic (exact) mass is 695 g/mol. The summed E-state index contributed by atoms with van der Waals surface area (Å²) in [5.41, 5.74) is 4.92. The number of nitrogens with two attached hydrogens (primary N) is 3. The van der Waals surface area contributed by atoms with E-state index in [-0.39, 0.29) is 48.7 Å². The van der Waals surface area contributed by atoms with Gasteiger partial charge in [0, 0.05) is 43.4 Å². The van der Waals surface area contributed by atoms with Crippen LogP contribution in [0.5, 0.6) is 0 Å². The number of carbonyl (C=O) groups is 3. The summed E-state index contributed by atoms with van der Waals surface area (Å²) < 4.78 is 12.6. The lowest BCUT2D eigenvalue weighted by Crippen LogP contribution is -2.95. The fourth-order valence-corrected chi connectivity index (χ4v) is 12.1. The van der Waals surface area contributed by atoms with Crippen molar-refractivity contribution in [3.8, 4) is 0 Å². The van der Waals surface area contributed by atoms with E-state index in [2.05, 4.69) is 36.6 Å². The first-order valence-corrected chi connectivity index (χ1v) is 20.5. The maximum absolute atomic E-state index is 14.6. The number of aliphatic hydroxyl groups is 1. The number of allylic oxidation sites excluding steroid dienone is 3. The van der Waals surface area contributed by atoms with Crippen molar-refractivity contribution in [2.75, 3.05) is 26.3 Å². The van der Waals surface area contributed by atoms with Crippen LogP contribution in [0.2, 0.25) is 0 Å². The Morgan fingerprint density at radius 2 is 1.78 bits per heavy atom. The number of rotatable bonds is 11. The van der Waals surface area contributed by atoms with Crippen molar-refractivity contribution in [3.05, 3.63) is 23.3 Å². The van der Waals surface area contributed by atoms with E-state index in [1.54, 1.807) is 0 Å². The first-order valence-electron chi connectivity index (χ1n) is 20.5. The number of epoxide rings is 1. The number of piperidine rings is 1. The number of aliphatic hydroxyl groups excluding tert-OH is 1. The average Bonchev–Trinajstić information content (AvgIpc) is 3.84. The molecule has 2 heterocycles. The smallest absolute Gasteiger partial charge is 0.350 e. The molecule has 6 fully saturated rings. The number of Topliss-reactive ketones (excluding diaryl/α,β-unsaturated/α-hetero) is 2. The maximum atomic E-state index is 14.6. The summed E-state index contributed by atoms with van der Waals surface area (Å²) >= 11 is 0. The Bertz CT molecular complexity index is 1360. The molecule has 10 atom stereocenters. The van der Waals surface area contributed by atoms with E-state index in [4.69, 9.17) is 15.2 Å². The Labute approximate surface area is 299 Å². The lowest BCUT2D eigenvalue weighted by Gasteiger charge is -2.46. The van der Waals surface area contributed by atoms with Gasteiger partial charge in [0.2, 0.25) is 0 Å². The van der Waals surface area contributed by atoms with Crippen molar-refractivity contribution in [1.82, 2.24) is 0 Å². The Hall–Kier alpha value is -1.91. The molecule has 2 aliphatic heterocycles. The Morgan fingerprint density at radius 1 is 1.02 bits per heavy atom. The van der Waals surface area contributed by atoms with Crippen molar-refractivity contribution < 1.29 is 39.6 Å². The second-order valence-electron chi connectivity index (χ2n) is 17.6. The summed E-state index contributed by atoms with van der Waals surface area (Å²) in [5.74, 6) is -0.0797. The summed E-state index contributed by atoms with van der Waals surface area (Å²) in [6, 6.07) is 0.348. The molecule has 4 unspecified atom stereocenters. The molecule has 7 rings (SSSR count). The number of quaternary nitrogens is 2. The van der Waals surface area contributed by atoms with Crippen molar-refractivity contribution in [3.63, 3.8) is 0 Å². The molecule has 0 bridgehead atoms. The largest absolute Gasteiger partial charge is 0.463 e. The Morgan fingerprint density at radius 3 is 2.50 bits per heavy atom. The molecule has 50 heavy (non-hydrogen) atoms. The molecule has 278 valence electrons. The highest BCUT2D eigenvalue weighted by molar-refractivity contribution is 6.23. The molecule has 0 aromatic heterocycles. The number of esters is 1. The molecular weight excluding hydrogens is 630 g/mol. The van der Waals surface area contributed by atoms with Crippen LogP contribution in [0.15, 0.2) is 23.3 Å². The maximum Gasteiger partial charge on any atom is 0.350 e. The molecule has 9 nitrogen and oxygen atoms in total. The van der Waals surface area contributed by atoms with Gasteiger partial charge in [-0.2, -0.15) is 0 Å². The minimum Gasteiger partial charge on any atom is -0.463 e. The molecule has 7 N–H and O–H groups in total. The first-order chi connectivity index (χ1) is 24.2. The fraction of sp³-hybridized carbons (Fsp3) is 0.829. The third-order valence-corrected chi connectivity index (χ3v) is 14.9. The molecule has 2 saturated heterocycles. The fourth-order valence-electron chi connectivity index (χ4n) is 12.1. The Balaban J connectivity index is 1.15. The summed E-state index contributed by atoms with van der Waals surface area (Å²) in [6.45, 7) is 6.28. The van der Waals surface area contributed by atoms with E-state index >= 15 is 0 Å². The minimum absolute atomic E-state index is 0.0814. The topological polar surface area (TPSA) is 152 Å². The van der Waals surface area contributed by atoms with Crippen LogP contribution in [-0.4, -0.2) is 72.4 Å². The van der Waals surface area contributed by atoms with Gasteiger partial charge >= 0.3 is 5.97 Å². The van der Waals surface area contributed by atoms with Gasteiger partial charge in [-0.1, -0.05) is 49.8 Å². The van der Waals surface area contributed by atoms with Crippen LogP contribution in [0.1, 0.15) is 123 Å². The zero-order valence-electron chi connectivity index (χ0n) is 30.8. The zero-order valence-corrected chi connectivity index (χ0v) is 30.8. The predicted octanol–water partition coefficient (Wildman–Crippen LogP) is 3.24. The molecular formula is C41H65N3O6+2. The molecule has 0 spiro atoms. The van der Waals surface area contributed by atoms with Crippen molar-refractivity contribution in [2.45, 2.75) is 146 Å². The molecule has 9 heteroatoms. The standard InChI is InChI=1S/C41H63N3O6/c1-3-43-34-20-28-12-6-5-11-27(28)19-29(34)25-49-38(48)41-37(47)33-14-8-7-13-32(33)36(46)40(41,50-41)23-30(24-45)26(2)22-39(16-9-4-10-17-39)31-15-18-44-35(42)21-31/h6,12,27-29,31-35,43-45H,3-5,7-11,13-25,42H2,1-2H3/p+2/t27-,28+,29+,31?,32?,33?,34-,35?,40+,41+/m1/s1. The van der Waals surface area contributed by atoms with E-state index in [0.717, 1.165) is 88.4 Å². The van der Waals surface area contributed by atoms with Crippen LogP contribution in [0.3, 0.4) is 0 Å². The highest BCUT2D eigenvalue weighted by Gasteiger charge is 2.87. The molecule has 0 amide bonds. The van der Waals surface area contributed by atoms with Crippen LogP contribution < -0.4 is 16.4 Å². The molecule has 4 saturated carbocycles. The van der Waals surface area contributed by atoms with Crippen molar-refractivity contribution in [2.24, 2.45) is 46.7 Å². The highest BCUT2D eigenvalue weighted by atomic mass is 16.7. The molecule has 0 aromatic rings. The number of hydrogen-bond acceptors (Lipinski definition) is 7. The summed E-state index contributed by atoms with van der Waals surface area (Å²) in [5, 5.41) is 15.5. The van der Waals surface area contributed by atoms with E-state index < -0.39 is 29.0 Å². The number of ketones is 2. The van der Waals surface area contributed by atoms with Crippen LogP contribution in [0.25, 0.3) is 0 Å². The highest BCUT2D eigenvalue weighted by Crippen LogP contribution is 2.62. The van der Waals surface area contributed by atoms with Crippen molar-refractivity contribution >= 4 is 17.5 Å². The third kappa shape index (κ3) is 6.39. The quantitative estimate of drug-likeness (QED) is 0.112. The second-order valence-corrected chi connectivity index (χ2v) is 17.6. The number of hydrogen-bond donors (Lipinski definition) is 4. The second kappa shape index (κ2) is 14.8. The van der Waals surface area contributed by atoms with Gasteiger partial charge in [0.05, 0.1) is 32.3 Å². The predicted molar refractivity (Wildman–Crippen MR) is 189 cm³/mol. The lowest BCUT2D eigenvalue weighted by molar-refractivity contribution is -0.700. The number of ether oxygens (including phenoxy) is 2. The molecule has 5 aliphatic carbocycles. The Kier molecular flexibility index (Phi) is 10.8. The van der Waals surface area contributed by atoms with Crippen LogP contribution in [0, 0.1) is 40.9 Å². The van der Waals surface area contributed by atoms with E-state index in [1.165, 1.54) is 25.7 Å². The number of carbonyl (C=O) groups excluding carboxylic acids is 3. The summed E-state index contributed by atoms with van der Waals surface area (Å²) in [4.78, 5) is 43.4. The normalized spacial score (nSPS) is 41.4. The first kappa shape index (κ1) is 36.4. The molecule has 0 radical (unpaired) electrons. The van der Waals surface area contributed by atoms with Gasteiger partial charge in [-0.15, -0.1) is 0 Å². The van der Waals surface area contributed by atoms with Crippen LogP contribution >= 0.6 is 0 Å². The van der Waals surface area contributed by atoms with Gasteiger partial charge in [-0.25, -0.2) is 4.79 Å². The van der Waals surface area contributed by atoms with Gasteiger partial charge in [0.25, 0.3) is 5.60 Å². The SMILES string of the molecule is CC[NH2+][C@@H]1C[C@@H]2C=CCC[C@@H]2C[C@H]1COC(=O)[C@]12O[C@@]1(CC(CO)=C(C)CC1(C3CC[NH2+]C(N)C3)CCCCC1)C(=O)C1CCCCC1C2=O. The van der Waals surface area contributed by atoms with E-state index in [0.29, 0.717) is 36.6 Å². The molecule has 7 aliphatic rings. The minimum atomic E-state index is -1.90. The average molecular weight is 696 g/mol. The lowest BCUT2D eigenvalue weighted by atomic mass is 9.59. The van der Waals surface area contributed by atoms with E-state index in [9.17, 15) is 19.5 Å². The van der Waals surface area contributed by atoms with Gasteiger partial charge in [0.15, 0.2) is 17.2 Å². The van der Waals surface area contributed by atoms with E-state index in [1.807, 2.05) is 0 Å². The van der Waals surface area contributed by atoms with Crippen molar-refractivity contribution in [1.29, 1.82) is 0 Å². The van der Waals surface area contributed by atoms with Gasteiger partial charge in [0.1, 0.15) is 6.17 Å².